The van der Waals surface area contributed by atoms with Gasteiger partial charge in [-0.1, -0.05) is 18.2 Å². The summed E-state index contributed by atoms with van der Waals surface area (Å²) in [6, 6.07) is 7.11. The molecule has 1 radical (unpaired) electrons. The van der Waals surface area contributed by atoms with Crippen molar-refractivity contribution in [2.75, 3.05) is 4.72 Å². The van der Waals surface area contributed by atoms with Crippen LogP contribution in [-0.4, -0.2) is 8.42 Å². The highest BCUT2D eigenvalue weighted by atomic mass is 32.2. The summed E-state index contributed by atoms with van der Waals surface area (Å²) < 4.78 is 24.4. The number of rotatable bonds is 0. The van der Waals surface area contributed by atoms with Crippen molar-refractivity contribution < 1.29 is 8.42 Å². The molecule has 0 fully saturated rings. The van der Waals surface area contributed by atoms with Crippen LogP contribution >= 0.6 is 0 Å². The van der Waals surface area contributed by atoms with E-state index in [-0.39, 0.29) is 0 Å². The van der Waals surface area contributed by atoms with Crippen molar-refractivity contribution in [2.24, 2.45) is 0 Å². The largest absolute Gasteiger partial charge is 0.279 e. The minimum Gasteiger partial charge on any atom is -0.279 e. The van der Waals surface area contributed by atoms with Crippen molar-refractivity contribution in [3.63, 3.8) is 0 Å². The number of fused-ring (bicyclic) bond motifs is 1. The molecule has 1 aromatic rings. The van der Waals surface area contributed by atoms with E-state index in [2.05, 4.69) is 10.8 Å². The number of hydrogen-bond donors (Lipinski definition) is 1. The molecule has 0 aromatic heterocycles. The normalized spacial score (nSPS) is 18.0. The van der Waals surface area contributed by atoms with Crippen LogP contribution in [0.5, 0.6) is 0 Å². The van der Waals surface area contributed by atoms with Gasteiger partial charge in [-0.3, -0.25) is 4.72 Å². The average molecular weight is 180 g/mol. The smallest absolute Gasteiger partial charge is 0.255 e. The maximum absolute atomic E-state index is 11.0. The molecule has 0 spiro atoms. The van der Waals surface area contributed by atoms with Crippen molar-refractivity contribution in [3.8, 4) is 0 Å². The lowest BCUT2D eigenvalue weighted by atomic mass is 10.2. The van der Waals surface area contributed by atoms with E-state index in [9.17, 15) is 8.42 Å². The molecule has 1 aliphatic rings. The molecule has 12 heavy (non-hydrogen) atoms. The van der Waals surface area contributed by atoms with Gasteiger partial charge in [0.2, 0.25) is 0 Å². The van der Waals surface area contributed by atoms with Gasteiger partial charge in [0.25, 0.3) is 10.0 Å². The van der Waals surface area contributed by atoms with Crippen LogP contribution in [0.15, 0.2) is 29.7 Å². The third-order valence-corrected chi connectivity index (χ3v) is 2.48. The monoisotopic (exact) mass is 180 g/mol. The van der Waals surface area contributed by atoms with Gasteiger partial charge in [-0.15, -0.1) is 0 Å². The lowest BCUT2D eigenvalue weighted by Crippen LogP contribution is -2.13. The van der Waals surface area contributed by atoms with Crippen molar-refractivity contribution >= 4 is 15.7 Å². The molecule has 0 saturated carbocycles. The fourth-order valence-corrected chi connectivity index (χ4v) is 1.85. The van der Waals surface area contributed by atoms with Crippen LogP contribution in [0.4, 0.5) is 5.69 Å². The molecule has 1 N–H and O–H groups in total. The molecule has 0 saturated heterocycles. The molecule has 61 valence electrons. The molecule has 0 aliphatic carbocycles. The summed E-state index contributed by atoms with van der Waals surface area (Å²) in [4.78, 5) is 0. The third-order valence-electron chi connectivity index (χ3n) is 1.55. The van der Waals surface area contributed by atoms with Crippen LogP contribution in [0.3, 0.4) is 0 Å². The third kappa shape index (κ3) is 1.21. The topological polar surface area (TPSA) is 46.2 Å². The van der Waals surface area contributed by atoms with Crippen LogP contribution in [0.2, 0.25) is 0 Å². The van der Waals surface area contributed by atoms with E-state index in [0.717, 1.165) is 11.0 Å². The fourth-order valence-electron chi connectivity index (χ4n) is 1.02. The van der Waals surface area contributed by atoms with E-state index >= 15 is 0 Å². The van der Waals surface area contributed by atoms with Crippen LogP contribution < -0.4 is 4.72 Å². The summed E-state index contributed by atoms with van der Waals surface area (Å²) in [5.41, 5.74) is 1.35. The highest BCUT2D eigenvalue weighted by Crippen LogP contribution is 2.20. The molecular formula is C8H6NO2S. The first-order chi connectivity index (χ1) is 5.67. The zero-order valence-corrected chi connectivity index (χ0v) is 6.93. The minimum absolute atomic E-state index is 0.583. The second kappa shape index (κ2) is 2.35. The van der Waals surface area contributed by atoms with Gasteiger partial charge in [0.15, 0.2) is 0 Å². The Morgan fingerprint density at radius 1 is 1.25 bits per heavy atom. The average Bonchev–Trinajstić information content (AvgIpc) is 2.02. The van der Waals surface area contributed by atoms with Gasteiger partial charge in [-0.25, -0.2) is 8.42 Å². The SMILES string of the molecule is O=S1(=O)C=[C]c2ccccc2N1. The Balaban J connectivity index is 2.61. The Morgan fingerprint density at radius 2 is 2.00 bits per heavy atom. The molecular weight excluding hydrogens is 174 g/mol. The van der Waals surface area contributed by atoms with Gasteiger partial charge >= 0.3 is 0 Å². The zero-order valence-electron chi connectivity index (χ0n) is 6.11. The predicted molar refractivity (Wildman–Crippen MR) is 45.9 cm³/mol. The summed E-state index contributed by atoms with van der Waals surface area (Å²) in [7, 11) is -3.28. The van der Waals surface area contributed by atoms with Crippen molar-refractivity contribution in [1.82, 2.24) is 0 Å². The molecule has 4 heteroatoms. The van der Waals surface area contributed by atoms with Crippen molar-refractivity contribution in [3.05, 3.63) is 41.3 Å². The van der Waals surface area contributed by atoms with Crippen molar-refractivity contribution in [1.29, 1.82) is 0 Å². The first-order valence-electron chi connectivity index (χ1n) is 3.39. The molecule has 0 bridgehead atoms. The Labute approximate surface area is 70.8 Å². The van der Waals surface area contributed by atoms with E-state index in [4.69, 9.17) is 0 Å². The number of sulfonamides is 1. The van der Waals surface area contributed by atoms with Crippen molar-refractivity contribution in [2.45, 2.75) is 0 Å². The number of para-hydroxylation sites is 1. The van der Waals surface area contributed by atoms with E-state index in [0.29, 0.717) is 5.69 Å². The molecule has 1 aromatic carbocycles. The Kier molecular flexibility index (Phi) is 1.44. The summed E-state index contributed by atoms with van der Waals surface area (Å²) in [6.07, 6.45) is 2.68. The summed E-state index contributed by atoms with van der Waals surface area (Å²) in [5.74, 6) is 0. The second-order valence-corrected chi connectivity index (χ2v) is 3.98. The molecule has 1 heterocycles. The van der Waals surface area contributed by atoms with E-state index in [1.807, 2.05) is 6.07 Å². The van der Waals surface area contributed by atoms with Gasteiger partial charge < -0.3 is 0 Å². The van der Waals surface area contributed by atoms with E-state index in [1.54, 1.807) is 18.2 Å². The quantitative estimate of drug-likeness (QED) is 0.650. The minimum atomic E-state index is -3.28. The van der Waals surface area contributed by atoms with Crippen LogP contribution in [0, 0.1) is 6.08 Å². The fraction of sp³-hybridized carbons (Fsp3) is 0. The summed E-state index contributed by atoms with van der Waals surface area (Å²) >= 11 is 0. The zero-order chi connectivity index (χ0) is 8.60. The van der Waals surface area contributed by atoms with Crippen LogP contribution in [0.1, 0.15) is 5.56 Å². The molecule has 2 rings (SSSR count). The Morgan fingerprint density at radius 3 is 2.83 bits per heavy atom. The molecule has 0 atom stereocenters. The van der Waals surface area contributed by atoms with Gasteiger partial charge in [0.1, 0.15) is 0 Å². The lowest BCUT2D eigenvalue weighted by Gasteiger charge is -2.11. The Hall–Kier alpha value is -1.29. The molecule has 0 unspecified atom stereocenters. The number of benzene rings is 1. The number of anilines is 1. The summed E-state index contributed by atoms with van der Waals surface area (Å²) in [5, 5.41) is 1.04. The molecule has 3 nitrogen and oxygen atoms in total. The highest BCUT2D eigenvalue weighted by Gasteiger charge is 2.12. The predicted octanol–water partition coefficient (Wildman–Crippen LogP) is 1.11. The molecule has 1 aliphatic heterocycles. The number of nitrogens with one attached hydrogen (secondary N) is 1. The van der Waals surface area contributed by atoms with E-state index in [1.165, 1.54) is 0 Å². The summed E-state index contributed by atoms with van der Waals surface area (Å²) in [6.45, 7) is 0. The first-order valence-corrected chi connectivity index (χ1v) is 4.94. The first kappa shape index (κ1) is 7.36. The number of hydrogen-bond acceptors (Lipinski definition) is 2. The Bertz CT molecular complexity index is 434. The van der Waals surface area contributed by atoms with Gasteiger partial charge in [-0.2, -0.15) is 0 Å². The van der Waals surface area contributed by atoms with Gasteiger partial charge in [0, 0.05) is 11.6 Å². The maximum atomic E-state index is 11.0. The van der Waals surface area contributed by atoms with Gasteiger partial charge in [-0.05, 0) is 6.07 Å². The van der Waals surface area contributed by atoms with E-state index < -0.39 is 10.0 Å². The standard InChI is InChI=1S/C8H6NO2S/c10-12(11)6-5-7-3-1-2-4-8(7)9-12/h1-4,6,9H. The van der Waals surface area contributed by atoms with Crippen LogP contribution in [-0.2, 0) is 10.0 Å². The lowest BCUT2D eigenvalue weighted by molar-refractivity contribution is 0.609. The second-order valence-electron chi connectivity index (χ2n) is 2.45. The molecule has 0 amide bonds. The van der Waals surface area contributed by atoms with Gasteiger partial charge in [0.05, 0.1) is 11.1 Å². The highest BCUT2D eigenvalue weighted by molar-refractivity contribution is 7.95. The van der Waals surface area contributed by atoms with Crippen LogP contribution in [0.25, 0.3) is 0 Å². The maximum Gasteiger partial charge on any atom is 0.255 e.